The highest BCUT2D eigenvalue weighted by Crippen LogP contribution is 2.16. The molecule has 76 valence electrons. The molecule has 12 heavy (non-hydrogen) atoms. The van der Waals surface area contributed by atoms with Crippen LogP contribution in [0.4, 0.5) is 0 Å². The Morgan fingerprint density at radius 3 is 1.42 bits per heavy atom. The average Bonchev–Trinajstić information content (AvgIpc) is 2.05. The van der Waals surface area contributed by atoms with Crippen LogP contribution < -0.4 is 5.73 Å². The Hall–Kier alpha value is -0.0400. The van der Waals surface area contributed by atoms with Gasteiger partial charge in [-0.3, -0.25) is 0 Å². The van der Waals surface area contributed by atoms with Crippen molar-refractivity contribution in [1.29, 1.82) is 0 Å². The van der Waals surface area contributed by atoms with Crippen molar-refractivity contribution in [1.82, 2.24) is 0 Å². The summed E-state index contributed by atoms with van der Waals surface area (Å²) in [7, 11) is 0. The van der Waals surface area contributed by atoms with E-state index in [0.29, 0.717) is 0 Å². The third kappa shape index (κ3) is 12.6. The summed E-state index contributed by atoms with van der Waals surface area (Å²) in [6.45, 7) is 9.51. The molecule has 0 aliphatic rings. The van der Waals surface area contributed by atoms with Crippen molar-refractivity contribution >= 4 is 0 Å². The van der Waals surface area contributed by atoms with Crippen LogP contribution >= 0.6 is 0 Å². The molecule has 0 aliphatic carbocycles. The molecular formula is C11H27N. The molecule has 0 saturated carbocycles. The molecule has 0 radical (unpaired) electrons. The Kier molecular flexibility index (Phi) is 16.3. The highest BCUT2D eigenvalue weighted by molar-refractivity contribution is 4.54. The van der Waals surface area contributed by atoms with Crippen LogP contribution in [0.25, 0.3) is 0 Å². The Morgan fingerprint density at radius 2 is 1.25 bits per heavy atom. The molecule has 0 saturated heterocycles. The van der Waals surface area contributed by atoms with Gasteiger partial charge >= 0.3 is 0 Å². The molecule has 0 aromatic rings. The number of hydrogen-bond acceptors (Lipinski definition) is 1. The minimum absolute atomic E-state index is 0.750. The number of nitrogens with two attached hydrogens (primary N) is 1. The van der Waals surface area contributed by atoms with Crippen LogP contribution in [0.5, 0.6) is 0 Å². The third-order valence-corrected chi connectivity index (χ3v) is 1.97. The first kappa shape index (κ1) is 14.5. The molecule has 0 spiro atoms. The van der Waals surface area contributed by atoms with Gasteiger partial charge in [-0.25, -0.2) is 0 Å². The summed E-state index contributed by atoms with van der Waals surface area (Å²) in [5.74, 6) is 1.01. The van der Waals surface area contributed by atoms with Crippen LogP contribution in [0.2, 0.25) is 0 Å². The lowest BCUT2D eigenvalue weighted by Gasteiger charge is -2.10. The summed E-state index contributed by atoms with van der Waals surface area (Å²) < 4.78 is 0. The van der Waals surface area contributed by atoms with Crippen molar-refractivity contribution in [2.75, 3.05) is 6.54 Å². The van der Waals surface area contributed by atoms with Crippen LogP contribution in [-0.4, -0.2) is 6.54 Å². The quantitative estimate of drug-likeness (QED) is 0.675. The molecule has 0 atom stereocenters. The minimum Gasteiger partial charge on any atom is -0.331 e. The van der Waals surface area contributed by atoms with E-state index in [2.05, 4.69) is 20.8 Å². The fraction of sp³-hybridized carbons (Fsp3) is 1.00. The largest absolute Gasteiger partial charge is 0.331 e. The van der Waals surface area contributed by atoms with Crippen molar-refractivity contribution < 1.29 is 0 Å². The Labute approximate surface area is 78.7 Å². The normalized spacial score (nSPS) is 9.50. The maximum Gasteiger partial charge on any atom is -0.0106 e. The summed E-state index contributed by atoms with van der Waals surface area (Å²) in [6.07, 6.45) is 6.97. The monoisotopic (exact) mass is 173 g/mol. The van der Waals surface area contributed by atoms with E-state index in [1.165, 1.54) is 32.1 Å². The average molecular weight is 173 g/mol. The van der Waals surface area contributed by atoms with Crippen LogP contribution in [0, 0.1) is 5.92 Å². The van der Waals surface area contributed by atoms with Crippen LogP contribution in [0.1, 0.15) is 59.8 Å². The second kappa shape index (κ2) is 13.5. The van der Waals surface area contributed by atoms with Gasteiger partial charge in [0.05, 0.1) is 0 Å². The lowest BCUT2D eigenvalue weighted by molar-refractivity contribution is 0.427. The molecule has 1 nitrogen and oxygen atoms in total. The molecule has 0 unspecified atom stereocenters. The van der Waals surface area contributed by atoms with E-state index in [1.54, 1.807) is 0 Å². The second-order valence-electron chi connectivity index (χ2n) is 3.26. The van der Waals surface area contributed by atoms with Gasteiger partial charge in [-0.05, 0) is 12.5 Å². The van der Waals surface area contributed by atoms with Gasteiger partial charge in [-0.2, -0.15) is 0 Å². The zero-order chi connectivity index (χ0) is 9.82. The molecular weight excluding hydrogens is 146 g/mol. The second-order valence-corrected chi connectivity index (χ2v) is 3.26. The maximum atomic E-state index is 4.85. The van der Waals surface area contributed by atoms with Crippen LogP contribution in [0.3, 0.4) is 0 Å². The topological polar surface area (TPSA) is 26.0 Å². The molecule has 0 fully saturated rings. The van der Waals surface area contributed by atoms with Crippen LogP contribution in [-0.2, 0) is 0 Å². The molecule has 0 heterocycles. The van der Waals surface area contributed by atoms with E-state index in [4.69, 9.17) is 5.73 Å². The summed E-state index contributed by atoms with van der Waals surface area (Å²) in [5, 5.41) is 0. The van der Waals surface area contributed by atoms with Gasteiger partial charge in [0, 0.05) is 0 Å². The van der Waals surface area contributed by atoms with E-state index in [9.17, 15) is 0 Å². The summed E-state index contributed by atoms with van der Waals surface area (Å²) in [5.41, 5.74) is 4.85. The molecule has 1 heteroatoms. The van der Waals surface area contributed by atoms with E-state index in [0.717, 1.165) is 12.5 Å². The van der Waals surface area contributed by atoms with E-state index < -0.39 is 0 Å². The fourth-order valence-corrected chi connectivity index (χ4v) is 1.37. The Morgan fingerprint density at radius 1 is 0.917 bits per heavy atom. The fourth-order valence-electron chi connectivity index (χ4n) is 1.37. The van der Waals surface area contributed by atoms with Gasteiger partial charge in [0.25, 0.3) is 0 Å². The van der Waals surface area contributed by atoms with Gasteiger partial charge < -0.3 is 5.73 Å². The first-order chi connectivity index (χ1) is 5.76. The molecule has 0 aliphatic heterocycles. The zero-order valence-electron chi connectivity index (χ0n) is 9.40. The predicted molar refractivity (Wildman–Crippen MR) is 58.3 cm³/mol. The Balaban J connectivity index is 0. The highest BCUT2D eigenvalue weighted by atomic mass is 14.5. The van der Waals surface area contributed by atoms with E-state index >= 15 is 0 Å². The van der Waals surface area contributed by atoms with Crippen molar-refractivity contribution in [3.05, 3.63) is 0 Å². The first-order valence-corrected chi connectivity index (χ1v) is 5.46. The summed E-state index contributed by atoms with van der Waals surface area (Å²) in [4.78, 5) is 0. The lowest BCUT2D eigenvalue weighted by Crippen LogP contribution is -1.96. The molecule has 0 aromatic carbocycles. The zero-order valence-corrected chi connectivity index (χ0v) is 9.40. The minimum atomic E-state index is 0.750. The smallest absolute Gasteiger partial charge is 0.0106 e. The van der Waals surface area contributed by atoms with Gasteiger partial charge in [0.1, 0.15) is 0 Å². The molecule has 0 bridgehead atoms. The summed E-state index contributed by atoms with van der Waals surface area (Å²) in [6, 6.07) is 0. The van der Waals surface area contributed by atoms with Gasteiger partial charge in [0.15, 0.2) is 0 Å². The van der Waals surface area contributed by atoms with E-state index in [1.807, 2.05) is 6.92 Å². The summed E-state index contributed by atoms with van der Waals surface area (Å²) >= 11 is 0. The van der Waals surface area contributed by atoms with Gasteiger partial charge in [-0.1, -0.05) is 59.8 Å². The van der Waals surface area contributed by atoms with Crippen molar-refractivity contribution in [2.24, 2.45) is 11.7 Å². The molecule has 2 N–H and O–H groups in total. The molecule has 0 aromatic heterocycles. The SMILES string of the molecule is CCCC(CC)CCC.CCN. The predicted octanol–water partition coefficient (Wildman–Crippen LogP) is 3.58. The molecule has 0 amide bonds. The van der Waals surface area contributed by atoms with E-state index in [-0.39, 0.29) is 0 Å². The highest BCUT2D eigenvalue weighted by Gasteiger charge is 2.01. The number of rotatable bonds is 5. The van der Waals surface area contributed by atoms with Gasteiger partial charge in [-0.15, -0.1) is 0 Å². The molecule has 0 rings (SSSR count). The van der Waals surface area contributed by atoms with Crippen molar-refractivity contribution in [3.8, 4) is 0 Å². The maximum absolute atomic E-state index is 4.85. The standard InChI is InChI=1S/C9H20.C2H7N/c1-4-7-9(6-3)8-5-2;1-2-3/h9H,4-8H2,1-3H3;2-3H2,1H3. The van der Waals surface area contributed by atoms with Crippen molar-refractivity contribution in [3.63, 3.8) is 0 Å². The lowest BCUT2D eigenvalue weighted by atomic mass is 9.96. The number of hydrogen-bond donors (Lipinski definition) is 1. The first-order valence-electron chi connectivity index (χ1n) is 5.46. The van der Waals surface area contributed by atoms with Gasteiger partial charge in [0.2, 0.25) is 0 Å². The Bertz CT molecular complexity index is 56.0. The van der Waals surface area contributed by atoms with Crippen LogP contribution in [0.15, 0.2) is 0 Å². The van der Waals surface area contributed by atoms with Crippen molar-refractivity contribution in [2.45, 2.75) is 59.8 Å². The third-order valence-electron chi connectivity index (χ3n) is 1.97.